The van der Waals surface area contributed by atoms with Crippen molar-refractivity contribution in [3.63, 3.8) is 0 Å². The van der Waals surface area contributed by atoms with Gasteiger partial charge in [-0.3, -0.25) is 4.98 Å². The lowest BCUT2D eigenvalue weighted by molar-refractivity contribution is 0.393. The summed E-state index contributed by atoms with van der Waals surface area (Å²) in [6.07, 6.45) is 11.9. The van der Waals surface area contributed by atoms with Crippen molar-refractivity contribution in [3.05, 3.63) is 96.6 Å². The first-order valence-corrected chi connectivity index (χ1v) is 11.9. The van der Waals surface area contributed by atoms with Crippen LogP contribution in [0.3, 0.4) is 0 Å². The summed E-state index contributed by atoms with van der Waals surface area (Å²) in [5.74, 6) is 2.17. The average Bonchev–Trinajstić information content (AvgIpc) is 3.41. The maximum absolute atomic E-state index is 6.31. The predicted molar refractivity (Wildman–Crippen MR) is 133 cm³/mol. The first-order chi connectivity index (χ1) is 16.2. The van der Waals surface area contributed by atoms with Crippen molar-refractivity contribution in [1.82, 2.24) is 9.97 Å². The highest BCUT2D eigenvalue weighted by Gasteiger charge is 2.34. The van der Waals surface area contributed by atoms with E-state index < -0.39 is 0 Å². The molecule has 2 heterocycles. The largest absolute Gasteiger partial charge is 0.457 e. The summed E-state index contributed by atoms with van der Waals surface area (Å²) in [5, 5.41) is 0. The number of nitrogens with zero attached hydrogens (tertiary/aromatic N) is 2. The van der Waals surface area contributed by atoms with Crippen LogP contribution in [-0.4, -0.2) is 9.97 Å². The van der Waals surface area contributed by atoms with E-state index in [9.17, 15) is 0 Å². The Bertz CT molecular complexity index is 1120. The van der Waals surface area contributed by atoms with E-state index in [1.807, 2.05) is 42.6 Å². The Morgan fingerprint density at radius 2 is 1.55 bits per heavy atom. The minimum Gasteiger partial charge on any atom is -0.457 e. The minimum atomic E-state index is -0.118. The van der Waals surface area contributed by atoms with Gasteiger partial charge in [0.25, 0.3) is 0 Å². The maximum Gasteiger partial charge on any atom is 0.225 e. The fourth-order valence-corrected chi connectivity index (χ4v) is 4.47. The van der Waals surface area contributed by atoms with Gasteiger partial charge in [-0.25, -0.2) is 4.98 Å². The quantitative estimate of drug-likeness (QED) is 0.236. The molecule has 0 atom stereocenters. The molecule has 0 amide bonds. The SMILES string of the molecule is CCCCC(CCCC)(c1cccc(Oc2cccc(-c3ncco3)c2)c1)c1ccccn1. The van der Waals surface area contributed by atoms with Crippen molar-refractivity contribution in [3.8, 4) is 23.0 Å². The molecule has 0 unspecified atom stereocenters. The smallest absolute Gasteiger partial charge is 0.225 e. The van der Waals surface area contributed by atoms with Crippen LogP contribution in [0.25, 0.3) is 11.5 Å². The first kappa shape index (κ1) is 22.8. The van der Waals surface area contributed by atoms with Crippen molar-refractivity contribution in [1.29, 1.82) is 0 Å². The third-order valence-corrected chi connectivity index (χ3v) is 6.21. The molecule has 4 rings (SSSR count). The summed E-state index contributed by atoms with van der Waals surface area (Å²) < 4.78 is 11.7. The standard InChI is InChI=1S/C29H32N2O2/c1-3-5-16-29(17-6-4-2,27-15-7-8-18-30-27)24-12-10-14-26(22-24)33-25-13-9-11-23(21-25)28-31-19-20-32-28/h7-15,18-22H,3-6,16-17H2,1-2H3. The zero-order chi connectivity index (χ0) is 22.9. The minimum absolute atomic E-state index is 0.118. The molecule has 170 valence electrons. The van der Waals surface area contributed by atoms with Crippen LogP contribution in [0.15, 0.2) is 89.8 Å². The molecule has 0 saturated carbocycles. The Morgan fingerprint density at radius 1 is 0.788 bits per heavy atom. The number of unbranched alkanes of at least 4 members (excludes halogenated alkanes) is 2. The lowest BCUT2D eigenvalue weighted by Crippen LogP contribution is -2.29. The van der Waals surface area contributed by atoms with E-state index in [0.29, 0.717) is 5.89 Å². The van der Waals surface area contributed by atoms with Crippen molar-refractivity contribution in [2.24, 2.45) is 0 Å². The van der Waals surface area contributed by atoms with E-state index >= 15 is 0 Å². The molecule has 0 aliphatic rings. The Hall–Kier alpha value is -3.40. The zero-order valence-electron chi connectivity index (χ0n) is 19.5. The highest BCUT2D eigenvalue weighted by atomic mass is 16.5. The van der Waals surface area contributed by atoms with Crippen molar-refractivity contribution in [2.75, 3.05) is 0 Å². The second-order valence-electron chi connectivity index (χ2n) is 8.50. The fourth-order valence-electron chi connectivity index (χ4n) is 4.47. The number of pyridine rings is 1. The number of aromatic nitrogens is 2. The molecule has 0 spiro atoms. The molecule has 2 aromatic carbocycles. The van der Waals surface area contributed by atoms with Gasteiger partial charge >= 0.3 is 0 Å². The summed E-state index contributed by atoms with van der Waals surface area (Å²) in [6, 6.07) is 22.7. The van der Waals surface area contributed by atoms with Gasteiger partial charge in [0.1, 0.15) is 17.8 Å². The Morgan fingerprint density at radius 3 is 2.21 bits per heavy atom. The molecule has 0 N–H and O–H groups in total. The monoisotopic (exact) mass is 440 g/mol. The summed E-state index contributed by atoms with van der Waals surface area (Å²) in [6.45, 7) is 4.51. The molecule has 0 saturated heterocycles. The number of rotatable bonds is 11. The molecule has 0 aliphatic carbocycles. The van der Waals surface area contributed by atoms with Crippen LogP contribution < -0.4 is 4.74 Å². The Balaban J connectivity index is 1.69. The van der Waals surface area contributed by atoms with Crippen LogP contribution >= 0.6 is 0 Å². The van der Waals surface area contributed by atoms with Gasteiger partial charge in [-0.2, -0.15) is 0 Å². The normalized spacial score (nSPS) is 11.5. The van der Waals surface area contributed by atoms with Gasteiger partial charge in [0.15, 0.2) is 0 Å². The van der Waals surface area contributed by atoms with E-state index in [0.717, 1.165) is 61.3 Å². The number of hydrogen-bond donors (Lipinski definition) is 0. The first-order valence-electron chi connectivity index (χ1n) is 11.9. The van der Waals surface area contributed by atoms with E-state index in [-0.39, 0.29) is 5.41 Å². The van der Waals surface area contributed by atoms with Crippen molar-refractivity contribution < 1.29 is 9.15 Å². The number of benzene rings is 2. The van der Waals surface area contributed by atoms with E-state index in [4.69, 9.17) is 14.1 Å². The number of hydrogen-bond acceptors (Lipinski definition) is 4. The Kier molecular flexibility index (Phi) is 7.56. The number of ether oxygens (including phenoxy) is 1. The van der Waals surface area contributed by atoms with Crippen molar-refractivity contribution in [2.45, 2.75) is 57.8 Å². The van der Waals surface area contributed by atoms with Gasteiger partial charge in [-0.15, -0.1) is 0 Å². The summed E-state index contributed by atoms with van der Waals surface area (Å²) >= 11 is 0. The fraction of sp³-hybridized carbons (Fsp3) is 0.310. The molecule has 0 aliphatic heterocycles. The summed E-state index contributed by atoms with van der Waals surface area (Å²) in [7, 11) is 0. The highest BCUT2D eigenvalue weighted by molar-refractivity contribution is 5.56. The molecule has 0 fully saturated rings. The Labute approximate surface area is 196 Å². The predicted octanol–water partition coefficient (Wildman–Crippen LogP) is 8.20. The average molecular weight is 441 g/mol. The lowest BCUT2D eigenvalue weighted by atomic mass is 9.70. The van der Waals surface area contributed by atoms with Crippen LogP contribution in [-0.2, 0) is 5.41 Å². The van der Waals surface area contributed by atoms with Crippen LogP contribution in [0.2, 0.25) is 0 Å². The van der Waals surface area contributed by atoms with Gasteiger partial charge in [-0.05, 0) is 60.9 Å². The summed E-state index contributed by atoms with van der Waals surface area (Å²) in [4.78, 5) is 9.07. The third kappa shape index (κ3) is 5.33. The molecule has 0 radical (unpaired) electrons. The topological polar surface area (TPSA) is 48.2 Å². The zero-order valence-corrected chi connectivity index (χ0v) is 19.5. The molecule has 4 heteroatoms. The van der Waals surface area contributed by atoms with Gasteiger partial charge in [-0.1, -0.05) is 63.8 Å². The van der Waals surface area contributed by atoms with Crippen LogP contribution in [0.1, 0.15) is 63.6 Å². The van der Waals surface area contributed by atoms with Gasteiger partial charge < -0.3 is 9.15 Å². The molecular formula is C29H32N2O2. The van der Waals surface area contributed by atoms with Crippen LogP contribution in [0.5, 0.6) is 11.5 Å². The molecule has 0 bridgehead atoms. The van der Waals surface area contributed by atoms with Crippen molar-refractivity contribution >= 4 is 0 Å². The maximum atomic E-state index is 6.31. The molecule has 4 nitrogen and oxygen atoms in total. The van der Waals surface area contributed by atoms with Gasteiger partial charge in [0.2, 0.25) is 5.89 Å². The molecule has 33 heavy (non-hydrogen) atoms. The second kappa shape index (κ2) is 11.0. The molecule has 2 aromatic heterocycles. The van der Waals surface area contributed by atoms with Crippen LogP contribution in [0.4, 0.5) is 0 Å². The lowest BCUT2D eigenvalue weighted by Gasteiger charge is -2.34. The second-order valence-corrected chi connectivity index (χ2v) is 8.50. The van der Waals surface area contributed by atoms with E-state index in [1.54, 1.807) is 12.5 Å². The molecular weight excluding hydrogens is 408 g/mol. The van der Waals surface area contributed by atoms with Crippen LogP contribution in [0, 0.1) is 0 Å². The van der Waals surface area contributed by atoms with E-state index in [2.05, 4.69) is 49.2 Å². The highest BCUT2D eigenvalue weighted by Crippen LogP contribution is 2.42. The van der Waals surface area contributed by atoms with Gasteiger partial charge in [0, 0.05) is 17.2 Å². The third-order valence-electron chi connectivity index (χ3n) is 6.21. The molecule has 4 aromatic rings. The van der Waals surface area contributed by atoms with Gasteiger partial charge in [0.05, 0.1) is 11.9 Å². The summed E-state index contributed by atoms with van der Waals surface area (Å²) in [5.41, 5.74) is 3.19. The number of oxazole rings is 1. The van der Waals surface area contributed by atoms with E-state index in [1.165, 1.54) is 5.56 Å².